The zero-order chi connectivity index (χ0) is 12.8. The minimum atomic E-state index is -0.0587. The number of aromatic nitrogens is 2. The molecule has 0 amide bonds. The summed E-state index contributed by atoms with van der Waals surface area (Å²) in [6.45, 7) is 8.21. The first-order valence-electron chi connectivity index (χ1n) is 5.76. The normalized spacial score (nSPS) is 11.8. The molecular formula is C13H19N3O. The summed E-state index contributed by atoms with van der Waals surface area (Å²) in [7, 11) is 0. The number of hydrogen-bond acceptors (Lipinski definition) is 3. The summed E-state index contributed by atoms with van der Waals surface area (Å²) in [5.74, 6) is 6.47. The van der Waals surface area contributed by atoms with Crippen LogP contribution in [0.5, 0.6) is 0 Å². The fraction of sp³-hybridized carbons (Fsp3) is 0.538. The third kappa shape index (κ3) is 3.72. The minimum Gasteiger partial charge on any atom is -0.310 e. The Morgan fingerprint density at radius 1 is 1.47 bits per heavy atom. The SMILES string of the molecule is CC#CCCNC(C)c1c(C)nc(C)[nH]c1=O. The Morgan fingerprint density at radius 2 is 2.18 bits per heavy atom. The van der Waals surface area contributed by atoms with Crippen molar-refractivity contribution >= 4 is 0 Å². The lowest BCUT2D eigenvalue weighted by molar-refractivity contribution is 0.571. The van der Waals surface area contributed by atoms with E-state index in [1.54, 1.807) is 6.92 Å². The largest absolute Gasteiger partial charge is 0.310 e. The van der Waals surface area contributed by atoms with Gasteiger partial charge in [-0.05, 0) is 27.7 Å². The van der Waals surface area contributed by atoms with Crippen LogP contribution in [0.1, 0.15) is 43.4 Å². The predicted molar refractivity (Wildman–Crippen MR) is 68.8 cm³/mol. The molecule has 0 spiro atoms. The Morgan fingerprint density at radius 3 is 2.76 bits per heavy atom. The first-order valence-corrected chi connectivity index (χ1v) is 5.76. The van der Waals surface area contributed by atoms with Gasteiger partial charge in [0.05, 0.1) is 5.56 Å². The van der Waals surface area contributed by atoms with E-state index in [4.69, 9.17) is 0 Å². The number of aromatic amines is 1. The van der Waals surface area contributed by atoms with Crippen LogP contribution in [0.25, 0.3) is 0 Å². The van der Waals surface area contributed by atoms with E-state index in [-0.39, 0.29) is 11.6 Å². The summed E-state index contributed by atoms with van der Waals surface area (Å²) in [5.41, 5.74) is 1.43. The van der Waals surface area contributed by atoms with Gasteiger partial charge in [-0.2, -0.15) is 0 Å². The average Bonchev–Trinajstić information content (AvgIpc) is 2.23. The number of nitrogens with zero attached hydrogens (tertiary/aromatic N) is 1. The van der Waals surface area contributed by atoms with E-state index >= 15 is 0 Å². The van der Waals surface area contributed by atoms with E-state index in [0.717, 1.165) is 18.7 Å². The van der Waals surface area contributed by atoms with Gasteiger partial charge in [-0.1, -0.05) is 0 Å². The quantitative estimate of drug-likeness (QED) is 0.611. The van der Waals surface area contributed by atoms with Crippen LogP contribution in [0.3, 0.4) is 0 Å². The van der Waals surface area contributed by atoms with Crippen LogP contribution in [-0.2, 0) is 0 Å². The maximum Gasteiger partial charge on any atom is 0.255 e. The molecule has 0 aliphatic carbocycles. The van der Waals surface area contributed by atoms with E-state index < -0.39 is 0 Å². The molecule has 1 unspecified atom stereocenters. The third-order valence-corrected chi connectivity index (χ3v) is 2.57. The molecular weight excluding hydrogens is 214 g/mol. The molecule has 0 aliphatic rings. The van der Waals surface area contributed by atoms with Gasteiger partial charge >= 0.3 is 0 Å². The van der Waals surface area contributed by atoms with Gasteiger partial charge in [0.25, 0.3) is 5.56 Å². The molecule has 1 aromatic rings. The van der Waals surface area contributed by atoms with Crippen molar-refractivity contribution < 1.29 is 0 Å². The summed E-state index contributed by atoms with van der Waals surface area (Å²) < 4.78 is 0. The first-order chi connectivity index (χ1) is 8.06. The number of hydrogen-bond donors (Lipinski definition) is 2. The number of nitrogens with one attached hydrogen (secondary N) is 2. The fourth-order valence-corrected chi connectivity index (χ4v) is 1.82. The molecule has 0 saturated carbocycles. The Labute approximate surface area is 102 Å². The van der Waals surface area contributed by atoms with Crippen molar-refractivity contribution in [2.24, 2.45) is 0 Å². The highest BCUT2D eigenvalue weighted by atomic mass is 16.1. The molecule has 1 rings (SSSR count). The Bertz CT molecular complexity index is 494. The number of aryl methyl sites for hydroxylation is 2. The van der Waals surface area contributed by atoms with Crippen molar-refractivity contribution in [3.05, 3.63) is 27.4 Å². The number of rotatable bonds is 4. The molecule has 0 aromatic carbocycles. The standard InChI is InChI=1S/C13H19N3O/c1-5-6-7-8-14-9(2)12-10(3)15-11(4)16-13(12)17/h9,14H,7-8H2,1-4H3,(H,15,16,17). The maximum absolute atomic E-state index is 11.8. The summed E-state index contributed by atoms with van der Waals surface area (Å²) in [6.07, 6.45) is 0.789. The Kier molecular flexibility index (Phi) is 4.92. The van der Waals surface area contributed by atoms with Crippen LogP contribution in [0.15, 0.2) is 4.79 Å². The molecule has 1 heterocycles. The van der Waals surface area contributed by atoms with Crippen LogP contribution in [0, 0.1) is 25.7 Å². The lowest BCUT2D eigenvalue weighted by Crippen LogP contribution is -2.28. The van der Waals surface area contributed by atoms with Gasteiger partial charge in [0.1, 0.15) is 5.82 Å². The van der Waals surface area contributed by atoms with E-state index in [1.807, 2.05) is 20.8 Å². The molecule has 1 atom stereocenters. The van der Waals surface area contributed by atoms with Crippen LogP contribution < -0.4 is 10.9 Å². The van der Waals surface area contributed by atoms with Gasteiger partial charge in [0.2, 0.25) is 0 Å². The van der Waals surface area contributed by atoms with E-state index in [9.17, 15) is 4.79 Å². The molecule has 0 aliphatic heterocycles. The third-order valence-electron chi connectivity index (χ3n) is 2.57. The lowest BCUT2D eigenvalue weighted by atomic mass is 10.1. The van der Waals surface area contributed by atoms with Gasteiger partial charge in [-0.15, -0.1) is 11.8 Å². The summed E-state index contributed by atoms with van der Waals surface area (Å²) >= 11 is 0. The van der Waals surface area contributed by atoms with E-state index in [2.05, 4.69) is 27.1 Å². The van der Waals surface area contributed by atoms with Crippen molar-refractivity contribution in [1.29, 1.82) is 0 Å². The second-order valence-corrected chi connectivity index (χ2v) is 4.00. The molecule has 0 bridgehead atoms. The number of H-pyrrole nitrogens is 1. The molecule has 4 nitrogen and oxygen atoms in total. The summed E-state index contributed by atoms with van der Waals surface area (Å²) in [4.78, 5) is 18.8. The fourth-order valence-electron chi connectivity index (χ4n) is 1.82. The minimum absolute atomic E-state index is 0.00879. The highest BCUT2D eigenvalue weighted by Crippen LogP contribution is 2.10. The smallest absolute Gasteiger partial charge is 0.255 e. The van der Waals surface area contributed by atoms with Crippen LogP contribution in [-0.4, -0.2) is 16.5 Å². The lowest BCUT2D eigenvalue weighted by Gasteiger charge is -2.14. The van der Waals surface area contributed by atoms with E-state index in [0.29, 0.717) is 11.4 Å². The molecule has 0 radical (unpaired) electrons. The highest BCUT2D eigenvalue weighted by Gasteiger charge is 2.13. The van der Waals surface area contributed by atoms with E-state index in [1.165, 1.54) is 0 Å². The maximum atomic E-state index is 11.8. The van der Waals surface area contributed by atoms with Gasteiger partial charge < -0.3 is 10.3 Å². The molecule has 2 N–H and O–H groups in total. The van der Waals surface area contributed by atoms with Gasteiger partial charge in [0.15, 0.2) is 0 Å². The first kappa shape index (κ1) is 13.5. The van der Waals surface area contributed by atoms with Crippen molar-refractivity contribution in [1.82, 2.24) is 15.3 Å². The summed E-state index contributed by atoms with van der Waals surface area (Å²) in [6, 6.07) is -0.00879. The molecule has 4 heteroatoms. The van der Waals surface area contributed by atoms with Gasteiger partial charge in [-0.25, -0.2) is 4.98 Å². The molecule has 0 saturated heterocycles. The Hall–Kier alpha value is -1.60. The zero-order valence-corrected chi connectivity index (χ0v) is 10.8. The monoisotopic (exact) mass is 233 g/mol. The van der Waals surface area contributed by atoms with Crippen molar-refractivity contribution in [2.75, 3.05) is 6.54 Å². The molecule has 1 aromatic heterocycles. The topological polar surface area (TPSA) is 57.8 Å². The van der Waals surface area contributed by atoms with Gasteiger partial charge in [0, 0.05) is 24.7 Å². The summed E-state index contributed by atoms with van der Waals surface area (Å²) in [5, 5.41) is 3.27. The van der Waals surface area contributed by atoms with Crippen molar-refractivity contribution in [3.8, 4) is 11.8 Å². The van der Waals surface area contributed by atoms with Gasteiger partial charge in [-0.3, -0.25) is 4.79 Å². The average molecular weight is 233 g/mol. The van der Waals surface area contributed by atoms with Crippen LogP contribution in [0.4, 0.5) is 0 Å². The molecule has 0 fully saturated rings. The predicted octanol–water partition coefficient (Wildman–Crippen LogP) is 1.45. The van der Waals surface area contributed by atoms with Crippen LogP contribution >= 0.6 is 0 Å². The molecule has 17 heavy (non-hydrogen) atoms. The van der Waals surface area contributed by atoms with Crippen molar-refractivity contribution in [3.63, 3.8) is 0 Å². The van der Waals surface area contributed by atoms with Crippen molar-refractivity contribution in [2.45, 2.75) is 40.2 Å². The molecule has 92 valence electrons. The zero-order valence-electron chi connectivity index (χ0n) is 10.8. The Balaban J connectivity index is 2.77. The van der Waals surface area contributed by atoms with Crippen LogP contribution in [0.2, 0.25) is 0 Å². The second kappa shape index (κ2) is 6.21. The second-order valence-electron chi connectivity index (χ2n) is 4.00. The highest BCUT2D eigenvalue weighted by molar-refractivity contribution is 5.20.